The molecule has 0 amide bonds. The van der Waals surface area contributed by atoms with Crippen molar-refractivity contribution in [3.05, 3.63) is 20.3 Å². The SMILES string of the molecule is Cc1cc(Br)c(C(=O)CC2(CC(=O)O)CCCCC2)s1. The summed E-state index contributed by atoms with van der Waals surface area (Å²) in [6.45, 7) is 1.97. The Balaban J connectivity index is 2.17. The van der Waals surface area contributed by atoms with Crippen LogP contribution in [0.15, 0.2) is 10.5 Å². The van der Waals surface area contributed by atoms with Gasteiger partial charge in [0.05, 0.1) is 11.3 Å². The first-order valence-corrected chi connectivity index (χ1v) is 8.54. The van der Waals surface area contributed by atoms with Gasteiger partial charge in [0.15, 0.2) is 5.78 Å². The van der Waals surface area contributed by atoms with E-state index in [9.17, 15) is 9.59 Å². The van der Waals surface area contributed by atoms with Crippen LogP contribution in [0.2, 0.25) is 0 Å². The summed E-state index contributed by atoms with van der Waals surface area (Å²) in [7, 11) is 0. The van der Waals surface area contributed by atoms with E-state index in [1.807, 2.05) is 13.0 Å². The fourth-order valence-corrected chi connectivity index (χ4v) is 4.93. The van der Waals surface area contributed by atoms with Gasteiger partial charge in [0.2, 0.25) is 0 Å². The first-order chi connectivity index (χ1) is 9.42. The summed E-state index contributed by atoms with van der Waals surface area (Å²) in [6, 6.07) is 1.95. The third-order valence-electron chi connectivity index (χ3n) is 4.04. The van der Waals surface area contributed by atoms with Gasteiger partial charge < -0.3 is 5.11 Å². The minimum Gasteiger partial charge on any atom is -0.481 e. The molecule has 3 nitrogen and oxygen atoms in total. The van der Waals surface area contributed by atoms with Gasteiger partial charge in [-0.1, -0.05) is 19.3 Å². The lowest BCUT2D eigenvalue weighted by molar-refractivity contribution is -0.140. The zero-order valence-electron chi connectivity index (χ0n) is 11.6. The van der Waals surface area contributed by atoms with Crippen LogP contribution in [-0.2, 0) is 4.79 Å². The van der Waals surface area contributed by atoms with Gasteiger partial charge in [-0.2, -0.15) is 0 Å². The van der Waals surface area contributed by atoms with Gasteiger partial charge in [0.25, 0.3) is 0 Å². The quantitative estimate of drug-likeness (QED) is 0.767. The lowest BCUT2D eigenvalue weighted by Gasteiger charge is -2.35. The average molecular weight is 359 g/mol. The van der Waals surface area contributed by atoms with Crippen LogP contribution in [0.25, 0.3) is 0 Å². The van der Waals surface area contributed by atoms with Crippen LogP contribution in [0.3, 0.4) is 0 Å². The van der Waals surface area contributed by atoms with Gasteiger partial charge in [-0.25, -0.2) is 0 Å². The van der Waals surface area contributed by atoms with Crippen molar-refractivity contribution in [3.63, 3.8) is 0 Å². The standard InChI is InChI=1S/C15H19BrO3S/c1-10-7-11(16)14(20-10)12(17)8-15(9-13(18)19)5-3-2-4-6-15/h7H,2-6,8-9H2,1H3,(H,18,19). The Hall–Kier alpha value is -0.680. The fraction of sp³-hybridized carbons (Fsp3) is 0.600. The van der Waals surface area contributed by atoms with Crippen molar-refractivity contribution in [2.24, 2.45) is 5.41 Å². The monoisotopic (exact) mass is 358 g/mol. The fourth-order valence-electron chi connectivity index (χ4n) is 3.13. The van der Waals surface area contributed by atoms with Gasteiger partial charge >= 0.3 is 5.97 Å². The molecule has 0 radical (unpaired) electrons. The Labute approximate surface area is 131 Å². The highest BCUT2D eigenvalue weighted by molar-refractivity contribution is 9.10. The topological polar surface area (TPSA) is 54.4 Å². The first-order valence-electron chi connectivity index (χ1n) is 6.93. The van der Waals surface area contributed by atoms with Crippen molar-refractivity contribution in [1.82, 2.24) is 0 Å². The molecule has 1 heterocycles. The summed E-state index contributed by atoms with van der Waals surface area (Å²) < 4.78 is 0.839. The molecule has 0 saturated heterocycles. The van der Waals surface area contributed by atoms with Crippen molar-refractivity contribution in [1.29, 1.82) is 0 Å². The maximum Gasteiger partial charge on any atom is 0.303 e. The Morgan fingerprint density at radius 2 is 1.95 bits per heavy atom. The molecular formula is C15H19BrO3S. The molecule has 0 bridgehead atoms. The number of aryl methyl sites for hydroxylation is 1. The second-order valence-electron chi connectivity index (χ2n) is 5.77. The molecule has 5 heteroatoms. The van der Waals surface area contributed by atoms with Gasteiger partial charge in [-0.3, -0.25) is 9.59 Å². The molecule has 1 N–H and O–H groups in total. The predicted molar refractivity (Wildman–Crippen MR) is 83.5 cm³/mol. The summed E-state index contributed by atoms with van der Waals surface area (Å²) in [5.74, 6) is -0.709. The number of carboxylic acids is 1. The van der Waals surface area contributed by atoms with E-state index in [0.29, 0.717) is 6.42 Å². The Morgan fingerprint density at radius 3 is 2.45 bits per heavy atom. The van der Waals surface area contributed by atoms with Crippen molar-refractivity contribution in [3.8, 4) is 0 Å². The second-order valence-corrected chi connectivity index (χ2v) is 7.88. The Morgan fingerprint density at radius 1 is 1.30 bits per heavy atom. The summed E-state index contributed by atoms with van der Waals surface area (Å²) in [5, 5.41) is 9.16. The zero-order chi connectivity index (χ0) is 14.8. The lowest BCUT2D eigenvalue weighted by atomic mass is 9.69. The third kappa shape index (κ3) is 3.70. The molecule has 0 aromatic carbocycles. The van der Waals surface area contributed by atoms with Crippen LogP contribution in [0, 0.1) is 12.3 Å². The van der Waals surface area contributed by atoms with Crippen LogP contribution in [0.4, 0.5) is 0 Å². The molecule has 1 aliphatic carbocycles. The van der Waals surface area contributed by atoms with Crippen molar-refractivity contribution in [2.45, 2.75) is 51.9 Å². The van der Waals surface area contributed by atoms with E-state index >= 15 is 0 Å². The number of hydrogen-bond acceptors (Lipinski definition) is 3. The van der Waals surface area contributed by atoms with E-state index in [1.165, 1.54) is 11.3 Å². The minimum atomic E-state index is -0.791. The Kier molecular flexibility index (Phi) is 5.02. The number of carbonyl (C=O) groups excluding carboxylic acids is 1. The molecule has 1 fully saturated rings. The molecule has 110 valence electrons. The molecule has 0 unspecified atom stereocenters. The van der Waals surface area contributed by atoms with E-state index in [0.717, 1.165) is 46.3 Å². The summed E-state index contributed by atoms with van der Waals surface area (Å²) in [6.07, 6.45) is 5.40. The van der Waals surface area contributed by atoms with Crippen molar-refractivity contribution >= 4 is 39.0 Å². The average Bonchev–Trinajstić information content (AvgIpc) is 2.68. The van der Waals surface area contributed by atoms with E-state index < -0.39 is 5.97 Å². The largest absolute Gasteiger partial charge is 0.481 e. The maximum absolute atomic E-state index is 12.5. The molecular weight excluding hydrogens is 340 g/mol. The van der Waals surface area contributed by atoms with Crippen LogP contribution in [-0.4, -0.2) is 16.9 Å². The number of aliphatic carboxylic acids is 1. The molecule has 1 saturated carbocycles. The number of carboxylic acid groups (broad SMARTS) is 1. The number of hydrogen-bond donors (Lipinski definition) is 1. The van der Waals surface area contributed by atoms with Gasteiger partial charge in [-0.15, -0.1) is 11.3 Å². The predicted octanol–water partition coefficient (Wildman–Crippen LogP) is 4.82. The molecule has 20 heavy (non-hydrogen) atoms. The third-order valence-corrected chi connectivity index (χ3v) is 6.02. The van der Waals surface area contributed by atoms with Crippen LogP contribution in [0.5, 0.6) is 0 Å². The van der Waals surface area contributed by atoms with E-state index in [4.69, 9.17) is 5.11 Å². The highest BCUT2D eigenvalue weighted by atomic mass is 79.9. The highest BCUT2D eigenvalue weighted by Crippen LogP contribution is 2.44. The number of Topliss-reactive ketones (excluding diaryl/α,β-unsaturated/α-hetero) is 1. The number of rotatable bonds is 5. The van der Waals surface area contributed by atoms with Crippen molar-refractivity contribution < 1.29 is 14.7 Å². The first kappa shape index (κ1) is 15.7. The number of carbonyl (C=O) groups is 2. The molecule has 0 atom stereocenters. The summed E-state index contributed by atoms with van der Waals surface area (Å²) >= 11 is 4.91. The minimum absolute atomic E-state index is 0.0816. The smallest absolute Gasteiger partial charge is 0.303 e. The molecule has 1 aliphatic rings. The van der Waals surface area contributed by atoms with Crippen LogP contribution in [0.1, 0.15) is 59.5 Å². The molecule has 0 aliphatic heterocycles. The Bertz CT molecular complexity index is 515. The van der Waals surface area contributed by atoms with Gasteiger partial charge in [0.1, 0.15) is 0 Å². The van der Waals surface area contributed by atoms with E-state index in [1.54, 1.807) is 0 Å². The van der Waals surface area contributed by atoms with Gasteiger partial charge in [0, 0.05) is 15.8 Å². The molecule has 2 rings (SSSR count). The zero-order valence-corrected chi connectivity index (χ0v) is 14.0. The lowest BCUT2D eigenvalue weighted by Crippen LogP contribution is -2.30. The summed E-state index contributed by atoms with van der Waals surface area (Å²) in [5.41, 5.74) is -0.335. The van der Waals surface area contributed by atoms with E-state index in [-0.39, 0.29) is 17.6 Å². The molecule has 1 aromatic rings. The highest BCUT2D eigenvalue weighted by Gasteiger charge is 2.37. The van der Waals surface area contributed by atoms with E-state index in [2.05, 4.69) is 15.9 Å². The molecule has 0 spiro atoms. The summed E-state index contributed by atoms with van der Waals surface area (Å²) in [4.78, 5) is 25.5. The number of thiophene rings is 1. The second kappa shape index (κ2) is 6.39. The van der Waals surface area contributed by atoms with Crippen LogP contribution < -0.4 is 0 Å². The van der Waals surface area contributed by atoms with Crippen molar-refractivity contribution in [2.75, 3.05) is 0 Å². The normalized spacial score (nSPS) is 17.9. The maximum atomic E-state index is 12.5. The van der Waals surface area contributed by atoms with Gasteiger partial charge in [-0.05, 0) is 47.2 Å². The number of halogens is 1. The number of ketones is 1. The molecule has 1 aromatic heterocycles. The van der Waals surface area contributed by atoms with Crippen LogP contribution >= 0.6 is 27.3 Å².